The minimum absolute atomic E-state index is 0.310. The van der Waals surface area contributed by atoms with Crippen molar-refractivity contribution in [2.75, 3.05) is 42.9 Å². The lowest BCUT2D eigenvalue weighted by Crippen LogP contribution is -2.46. The number of nitrogens with one attached hydrogen (secondary N) is 1. The third-order valence-corrected chi connectivity index (χ3v) is 5.91. The van der Waals surface area contributed by atoms with Gasteiger partial charge in [0.2, 0.25) is 0 Å². The van der Waals surface area contributed by atoms with Gasteiger partial charge in [-0.3, -0.25) is 9.36 Å². The summed E-state index contributed by atoms with van der Waals surface area (Å²) in [6.07, 6.45) is 3.12. The summed E-state index contributed by atoms with van der Waals surface area (Å²) in [5.74, 6) is -0.310. The fourth-order valence-electron chi connectivity index (χ4n) is 3.53. The normalized spacial score (nSPS) is 14.7. The highest BCUT2D eigenvalue weighted by Crippen LogP contribution is 2.30. The Morgan fingerprint density at radius 3 is 2.40 bits per heavy atom. The van der Waals surface area contributed by atoms with Gasteiger partial charge in [0.1, 0.15) is 12.7 Å². The molecule has 2 heterocycles. The summed E-state index contributed by atoms with van der Waals surface area (Å²) in [6, 6.07) is 10.8. The molecule has 0 spiro atoms. The summed E-state index contributed by atoms with van der Waals surface area (Å²) in [5.41, 5.74) is 2.71. The Morgan fingerprint density at radius 1 is 1.00 bits per heavy atom. The number of piperazine rings is 1. The van der Waals surface area contributed by atoms with Crippen molar-refractivity contribution >= 4 is 40.5 Å². The van der Waals surface area contributed by atoms with E-state index in [0.29, 0.717) is 21.3 Å². The summed E-state index contributed by atoms with van der Waals surface area (Å²) >= 11 is 12.8. The molecule has 1 aromatic heterocycles. The van der Waals surface area contributed by atoms with Crippen LogP contribution in [-0.4, -0.2) is 58.3 Å². The first kappa shape index (κ1) is 20.7. The maximum Gasteiger partial charge on any atom is 0.257 e. The maximum absolute atomic E-state index is 12.8. The van der Waals surface area contributed by atoms with Crippen LogP contribution in [0.15, 0.2) is 49.1 Å². The fraction of sp³-hybridized carbons (Fsp3) is 0.286. The molecular formula is C21H22Cl2N6O. The SMILES string of the molecule is CCN1CCN(c2ccc(NC(=O)c3cc(-n4cnnc4)ccc3Cl)cc2Cl)CC1. The highest BCUT2D eigenvalue weighted by molar-refractivity contribution is 6.35. The predicted octanol–water partition coefficient (Wildman–Crippen LogP) is 3.97. The van der Waals surface area contributed by atoms with Gasteiger partial charge in [0.05, 0.1) is 21.3 Å². The number of aromatic nitrogens is 3. The number of carbonyl (C=O) groups excluding carboxylic acids is 1. The standard InChI is InChI=1S/C21H22Cl2N6O/c1-2-27-7-9-28(10-8-27)20-6-3-15(11-19(20)23)26-21(30)17-12-16(4-5-18(17)22)29-13-24-25-14-29/h3-6,11-14H,2,7-10H2,1H3,(H,26,30). The van der Waals surface area contributed by atoms with E-state index in [-0.39, 0.29) is 5.91 Å². The van der Waals surface area contributed by atoms with E-state index in [1.807, 2.05) is 12.1 Å². The van der Waals surface area contributed by atoms with Crippen LogP contribution in [0.4, 0.5) is 11.4 Å². The molecule has 0 unspecified atom stereocenters. The van der Waals surface area contributed by atoms with Gasteiger partial charge < -0.3 is 15.1 Å². The van der Waals surface area contributed by atoms with E-state index in [4.69, 9.17) is 23.2 Å². The Hall–Kier alpha value is -2.61. The average molecular weight is 445 g/mol. The zero-order valence-electron chi connectivity index (χ0n) is 16.6. The second kappa shape index (κ2) is 9.04. The lowest BCUT2D eigenvalue weighted by molar-refractivity contribution is 0.102. The molecule has 3 aromatic rings. The lowest BCUT2D eigenvalue weighted by atomic mass is 10.1. The molecule has 1 aliphatic heterocycles. The van der Waals surface area contributed by atoms with Crippen LogP contribution in [-0.2, 0) is 0 Å². The van der Waals surface area contributed by atoms with Crippen LogP contribution in [0.5, 0.6) is 0 Å². The summed E-state index contributed by atoms with van der Waals surface area (Å²) in [4.78, 5) is 17.5. The van der Waals surface area contributed by atoms with Crippen LogP contribution < -0.4 is 10.2 Å². The number of benzene rings is 2. The summed E-state index contributed by atoms with van der Waals surface area (Å²) in [5, 5.41) is 11.4. The number of carbonyl (C=O) groups is 1. The topological polar surface area (TPSA) is 66.3 Å². The second-order valence-corrected chi connectivity index (χ2v) is 7.89. The van der Waals surface area contributed by atoms with Crippen LogP contribution in [0.2, 0.25) is 10.0 Å². The van der Waals surface area contributed by atoms with Crippen LogP contribution in [0.1, 0.15) is 17.3 Å². The lowest BCUT2D eigenvalue weighted by Gasteiger charge is -2.36. The molecule has 2 aromatic carbocycles. The van der Waals surface area contributed by atoms with Gasteiger partial charge in [0.25, 0.3) is 5.91 Å². The first-order valence-electron chi connectivity index (χ1n) is 9.78. The largest absolute Gasteiger partial charge is 0.368 e. The summed E-state index contributed by atoms with van der Waals surface area (Å²) in [7, 11) is 0. The van der Waals surface area contributed by atoms with E-state index in [9.17, 15) is 4.79 Å². The molecule has 1 saturated heterocycles. The average Bonchev–Trinajstić information content (AvgIpc) is 3.29. The van der Waals surface area contributed by atoms with Crippen molar-refractivity contribution in [2.24, 2.45) is 0 Å². The second-order valence-electron chi connectivity index (χ2n) is 7.07. The minimum Gasteiger partial charge on any atom is -0.368 e. The molecule has 9 heteroatoms. The summed E-state index contributed by atoms with van der Waals surface area (Å²) in [6.45, 7) is 7.15. The predicted molar refractivity (Wildman–Crippen MR) is 120 cm³/mol. The van der Waals surface area contributed by atoms with Crippen LogP contribution in [0, 0.1) is 0 Å². The number of amides is 1. The van der Waals surface area contributed by atoms with Gasteiger partial charge in [-0.2, -0.15) is 0 Å². The van der Waals surface area contributed by atoms with Gasteiger partial charge in [-0.25, -0.2) is 0 Å². The molecule has 0 radical (unpaired) electrons. The highest BCUT2D eigenvalue weighted by atomic mass is 35.5. The number of likely N-dealkylation sites (N-methyl/N-ethyl adjacent to an activating group) is 1. The van der Waals surface area contributed by atoms with Crippen LogP contribution in [0.3, 0.4) is 0 Å². The van der Waals surface area contributed by atoms with Crippen molar-refractivity contribution < 1.29 is 4.79 Å². The molecule has 0 saturated carbocycles. The number of hydrogen-bond donors (Lipinski definition) is 1. The molecule has 1 N–H and O–H groups in total. The highest BCUT2D eigenvalue weighted by Gasteiger charge is 2.19. The van der Waals surface area contributed by atoms with Gasteiger partial charge in [-0.1, -0.05) is 30.1 Å². The zero-order valence-corrected chi connectivity index (χ0v) is 18.1. The monoisotopic (exact) mass is 444 g/mol. The zero-order chi connectivity index (χ0) is 21.1. The Bertz CT molecular complexity index is 1030. The van der Waals surface area contributed by atoms with Gasteiger partial charge >= 0.3 is 0 Å². The molecule has 30 heavy (non-hydrogen) atoms. The van der Waals surface area contributed by atoms with Crippen molar-refractivity contribution in [1.29, 1.82) is 0 Å². The first-order chi connectivity index (χ1) is 14.5. The molecule has 4 rings (SSSR count). The van der Waals surface area contributed by atoms with Gasteiger partial charge in [-0.15, -0.1) is 10.2 Å². The smallest absolute Gasteiger partial charge is 0.257 e. The molecule has 0 aliphatic carbocycles. The Kier molecular flexibility index (Phi) is 6.22. The molecule has 156 valence electrons. The third kappa shape index (κ3) is 4.43. The molecule has 0 atom stereocenters. The molecule has 7 nitrogen and oxygen atoms in total. The van der Waals surface area contributed by atoms with Crippen molar-refractivity contribution in [2.45, 2.75) is 6.92 Å². The van der Waals surface area contributed by atoms with Crippen molar-refractivity contribution in [3.05, 3.63) is 64.7 Å². The van der Waals surface area contributed by atoms with Gasteiger partial charge in [-0.05, 0) is 42.9 Å². The fourth-order valence-corrected chi connectivity index (χ4v) is 4.03. The van der Waals surface area contributed by atoms with E-state index in [0.717, 1.165) is 44.1 Å². The third-order valence-electron chi connectivity index (χ3n) is 5.28. The Morgan fingerprint density at radius 2 is 1.73 bits per heavy atom. The Balaban J connectivity index is 1.49. The molecule has 1 amide bonds. The van der Waals surface area contributed by atoms with Crippen molar-refractivity contribution in [3.8, 4) is 5.69 Å². The van der Waals surface area contributed by atoms with Gasteiger partial charge in [0, 0.05) is 37.6 Å². The Labute approximate surface area is 185 Å². The van der Waals surface area contributed by atoms with E-state index in [1.54, 1.807) is 41.5 Å². The summed E-state index contributed by atoms with van der Waals surface area (Å²) < 4.78 is 1.71. The molecule has 1 aliphatic rings. The minimum atomic E-state index is -0.310. The number of halogens is 2. The van der Waals surface area contributed by atoms with E-state index >= 15 is 0 Å². The van der Waals surface area contributed by atoms with E-state index in [2.05, 4.69) is 32.2 Å². The number of nitrogens with zero attached hydrogens (tertiary/aromatic N) is 5. The van der Waals surface area contributed by atoms with E-state index < -0.39 is 0 Å². The van der Waals surface area contributed by atoms with Crippen molar-refractivity contribution in [1.82, 2.24) is 19.7 Å². The first-order valence-corrected chi connectivity index (χ1v) is 10.5. The van der Waals surface area contributed by atoms with Crippen LogP contribution in [0.25, 0.3) is 5.69 Å². The molecular weight excluding hydrogens is 423 g/mol. The number of hydrogen-bond acceptors (Lipinski definition) is 5. The molecule has 1 fully saturated rings. The number of rotatable bonds is 5. The van der Waals surface area contributed by atoms with Gasteiger partial charge in [0.15, 0.2) is 0 Å². The quantitative estimate of drug-likeness (QED) is 0.644. The van der Waals surface area contributed by atoms with Crippen molar-refractivity contribution in [3.63, 3.8) is 0 Å². The number of anilines is 2. The molecule has 0 bridgehead atoms. The maximum atomic E-state index is 12.8. The van der Waals surface area contributed by atoms with Crippen LogP contribution >= 0.6 is 23.2 Å². The van der Waals surface area contributed by atoms with E-state index in [1.165, 1.54) is 0 Å².